The van der Waals surface area contributed by atoms with Gasteiger partial charge in [-0.2, -0.15) is 0 Å². The van der Waals surface area contributed by atoms with Crippen LogP contribution in [0.4, 0.5) is 0 Å². The summed E-state index contributed by atoms with van der Waals surface area (Å²) in [7, 11) is 2.16. The number of piperazine rings is 1. The first-order chi connectivity index (χ1) is 10.6. The molecular formula is C15H19ClN3O3+. The van der Waals surface area contributed by atoms with Gasteiger partial charge in [0, 0.05) is 6.08 Å². The second-order valence-corrected chi connectivity index (χ2v) is 5.90. The Labute approximate surface area is 134 Å². The third-order valence-electron chi connectivity index (χ3n) is 3.76. The number of likely N-dealkylation sites (N-methyl/N-ethyl adjacent to an activating group) is 1. The molecule has 2 aliphatic rings. The van der Waals surface area contributed by atoms with Gasteiger partial charge in [0.05, 0.1) is 38.2 Å². The molecule has 0 aromatic heterocycles. The minimum atomic E-state index is -0.145. The van der Waals surface area contributed by atoms with Crippen LogP contribution in [0.15, 0.2) is 18.2 Å². The lowest BCUT2D eigenvalue weighted by Gasteiger charge is -2.29. The average Bonchev–Trinajstić information content (AvgIpc) is 2.97. The normalized spacial score (nSPS) is 18.8. The van der Waals surface area contributed by atoms with Gasteiger partial charge in [-0.3, -0.25) is 10.2 Å². The van der Waals surface area contributed by atoms with E-state index in [1.54, 1.807) is 18.2 Å². The summed E-state index contributed by atoms with van der Waals surface area (Å²) in [5, 5.41) is 2.43. The number of benzene rings is 1. The lowest BCUT2D eigenvalue weighted by atomic mass is 10.2. The molecule has 0 atom stereocenters. The van der Waals surface area contributed by atoms with Crippen LogP contribution in [-0.2, 0) is 4.79 Å². The van der Waals surface area contributed by atoms with E-state index in [4.69, 9.17) is 21.1 Å². The predicted molar refractivity (Wildman–Crippen MR) is 82.9 cm³/mol. The van der Waals surface area contributed by atoms with Crippen LogP contribution in [0, 0.1) is 0 Å². The number of nitrogens with zero attached hydrogens (tertiary/aromatic N) is 1. The maximum Gasteiger partial charge on any atom is 0.258 e. The highest BCUT2D eigenvalue weighted by atomic mass is 35.5. The molecule has 0 unspecified atom stereocenters. The van der Waals surface area contributed by atoms with Crippen LogP contribution in [-0.4, -0.2) is 50.9 Å². The van der Waals surface area contributed by atoms with E-state index in [0.717, 1.165) is 31.7 Å². The molecule has 2 aliphatic heterocycles. The molecule has 2 heterocycles. The summed E-state index contributed by atoms with van der Waals surface area (Å²) < 4.78 is 10.6. The van der Waals surface area contributed by atoms with Crippen LogP contribution < -0.4 is 19.8 Å². The molecule has 0 spiro atoms. The summed E-state index contributed by atoms with van der Waals surface area (Å²) in [5.41, 5.74) is 3.68. The Hall–Kier alpha value is -1.76. The topological polar surface area (TPSA) is 55.2 Å². The number of quaternary nitrogens is 1. The van der Waals surface area contributed by atoms with Gasteiger partial charge in [0.2, 0.25) is 6.79 Å². The van der Waals surface area contributed by atoms with Crippen LogP contribution in [0.3, 0.4) is 0 Å². The van der Waals surface area contributed by atoms with Gasteiger partial charge in [-0.05, 0) is 23.8 Å². The molecule has 1 saturated heterocycles. The first-order valence-electron chi connectivity index (χ1n) is 7.26. The van der Waals surface area contributed by atoms with Crippen LogP contribution in [0.2, 0.25) is 5.02 Å². The van der Waals surface area contributed by atoms with Crippen LogP contribution in [0.5, 0.6) is 11.5 Å². The molecule has 0 radical (unpaired) electrons. The van der Waals surface area contributed by atoms with Crippen molar-refractivity contribution in [2.45, 2.75) is 0 Å². The summed E-state index contributed by atoms with van der Waals surface area (Å²) in [5.74, 6) is 1.02. The molecule has 22 heavy (non-hydrogen) atoms. The highest BCUT2D eigenvalue weighted by Gasteiger charge is 2.18. The zero-order valence-electron chi connectivity index (χ0n) is 12.4. The van der Waals surface area contributed by atoms with Gasteiger partial charge in [0.25, 0.3) is 5.91 Å². The number of nitrogens with one attached hydrogen (secondary N) is 2. The first-order valence-corrected chi connectivity index (χ1v) is 7.64. The van der Waals surface area contributed by atoms with Crippen LogP contribution >= 0.6 is 11.6 Å². The number of ether oxygens (including phenoxy) is 2. The van der Waals surface area contributed by atoms with Gasteiger partial charge in [0.15, 0.2) is 11.5 Å². The number of hydrogen-bond donors (Lipinski definition) is 2. The Bertz CT molecular complexity index is 598. The van der Waals surface area contributed by atoms with E-state index in [2.05, 4.69) is 12.5 Å². The van der Waals surface area contributed by atoms with Gasteiger partial charge < -0.3 is 14.4 Å². The Morgan fingerprint density at radius 3 is 2.91 bits per heavy atom. The van der Waals surface area contributed by atoms with Crippen molar-refractivity contribution < 1.29 is 19.2 Å². The lowest BCUT2D eigenvalue weighted by molar-refractivity contribution is -0.884. The molecule has 118 valence electrons. The molecule has 1 fully saturated rings. The zero-order chi connectivity index (χ0) is 15.5. The smallest absolute Gasteiger partial charge is 0.258 e. The Kier molecular flexibility index (Phi) is 4.52. The molecule has 2 N–H and O–H groups in total. The molecule has 3 rings (SSSR count). The van der Waals surface area contributed by atoms with E-state index in [1.807, 2.05) is 5.01 Å². The summed E-state index contributed by atoms with van der Waals surface area (Å²) in [6.07, 6.45) is 3.21. The van der Waals surface area contributed by atoms with Crippen molar-refractivity contribution in [2.24, 2.45) is 0 Å². The van der Waals surface area contributed by atoms with Crippen molar-refractivity contribution in [3.8, 4) is 11.5 Å². The van der Waals surface area contributed by atoms with Gasteiger partial charge >= 0.3 is 0 Å². The highest BCUT2D eigenvalue weighted by molar-refractivity contribution is 6.32. The SMILES string of the molecule is C[NH+]1CCN(NC(=O)/C=C/c2cc(Cl)c3c(c2)OCO3)CC1. The molecular weight excluding hydrogens is 306 g/mol. The van der Waals surface area contributed by atoms with E-state index in [9.17, 15) is 4.79 Å². The summed E-state index contributed by atoms with van der Waals surface area (Å²) in [4.78, 5) is 13.4. The van der Waals surface area contributed by atoms with Crippen LogP contribution in [0.1, 0.15) is 5.56 Å². The van der Waals surface area contributed by atoms with Crippen molar-refractivity contribution in [1.82, 2.24) is 10.4 Å². The van der Waals surface area contributed by atoms with E-state index >= 15 is 0 Å². The minimum Gasteiger partial charge on any atom is -0.454 e. The zero-order valence-corrected chi connectivity index (χ0v) is 13.2. The van der Waals surface area contributed by atoms with Gasteiger partial charge in [-0.15, -0.1) is 0 Å². The number of fused-ring (bicyclic) bond motifs is 1. The Balaban J connectivity index is 1.59. The Morgan fingerprint density at radius 1 is 1.36 bits per heavy atom. The van der Waals surface area contributed by atoms with E-state index in [-0.39, 0.29) is 12.7 Å². The summed E-state index contributed by atoms with van der Waals surface area (Å²) in [6.45, 7) is 3.96. The molecule has 7 heteroatoms. The maximum absolute atomic E-state index is 11.9. The minimum absolute atomic E-state index is 0.145. The standard InChI is InChI=1S/C15H18ClN3O3/c1-18-4-6-19(7-5-18)17-14(20)3-2-11-8-12(16)15-13(9-11)21-10-22-15/h2-3,8-9H,4-7,10H2,1H3,(H,17,20)/p+1/b3-2+. The quantitative estimate of drug-likeness (QED) is 0.765. The van der Waals surface area contributed by atoms with E-state index < -0.39 is 0 Å². The lowest BCUT2D eigenvalue weighted by Crippen LogP contribution is -3.12. The maximum atomic E-state index is 11.9. The largest absolute Gasteiger partial charge is 0.454 e. The van der Waals surface area contributed by atoms with Crippen LogP contribution in [0.25, 0.3) is 6.08 Å². The number of amides is 1. The van der Waals surface area contributed by atoms with Crippen molar-refractivity contribution in [1.29, 1.82) is 0 Å². The van der Waals surface area contributed by atoms with Crippen molar-refractivity contribution in [2.75, 3.05) is 40.0 Å². The first kappa shape index (κ1) is 15.1. The molecule has 0 saturated carbocycles. The molecule has 0 aliphatic carbocycles. The number of hydrazine groups is 1. The third kappa shape index (κ3) is 3.52. The Morgan fingerprint density at radius 2 is 2.14 bits per heavy atom. The molecule has 1 amide bonds. The molecule has 6 nitrogen and oxygen atoms in total. The van der Waals surface area contributed by atoms with Crippen molar-refractivity contribution >= 4 is 23.6 Å². The van der Waals surface area contributed by atoms with Gasteiger partial charge in [0.1, 0.15) is 0 Å². The number of halogens is 1. The number of carbonyl (C=O) groups excluding carboxylic acids is 1. The van der Waals surface area contributed by atoms with Crippen molar-refractivity contribution in [3.63, 3.8) is 0 Å². The molecule has 1 aromatic carbocycles. The van der Waals surface area contributed by atoms with Gasteiger partial charge in [-0.1, -0.05) is 11.6 Å². The third-order valence-corrected chi connectivity index (χ3v) is 4.04. The number of carbonyl (C=O) groups is 1. The fourth-order valence-electron chi connectivity index (χ4n) is 2.45. The van der Waals surface area contributed by atoms with E-state index in [0.29, 0.717) is 16.5 Å². The predicted octanol–water partition coefficient (Wildman–Crippen LogP) is -0.0566. The second kappa shape index (κ2) is 6.56. The molecule has 0 bridgehead atoms. The summed E-state index contributed by atoms with van der Waals surface area (Å²) >= 11 is 6.11. The fraction of sp³-hybridized carbons (Fsp3) is 0.400. The van der Waals surface area contributed by atoms with Gasteiger partial charge in [-0.25, -0.2) is 5.01 Å². The fourth-order valence-corrected chi connectivity index (χ4v) is 2.72. The average molecular weight is 325 g/mol. The van der Waals surface area contributed by atoms with E-state index in [1.165, 1.54) is 11.0 Å². The second-order valence-electron chi connectivity index (χ2n) is 5.49. The van der Waals surface area contributed by atoms with Crippen molar-refractivity contribution in [3.05, 3.63) is 28.8 Å². The summed E-state index contributed by atoms with van der Waals surface area (Å²) in [6, 6.07) is 3.55. The number of rotatable bonds is 3. The monoisotopic (exact) mass is 324 g/mol. The highest BCUT2D eigenvalue weighted by Crippen LogP contribution is 2.39. The number of hydrogen-bond acceptors (Lipinski definition) is 4. The molecule has 1 aromatic rings.